The second-order valence-corrected chi connectivity index (χ2v) is 16.6. The van der Waals surface area contributed by atoms with Crippen LogP contribution in [0, 0.1) is 13.8 Å². The van der Waals surface area contributed by atoms with Crippen molar-refractivity contribution in [2.24, 2.45) is 4.99 Å². The summed E-state index contributed by atoms with van der Waals surface area (Å²) in [5, 5.41) is 7.75. The van der Waals surface area contributed by atoms with Gasteiger partial charge in [-0.05, 0) is 119 Å². The van der Waals surface area contributed by atoms with Crippen molar-refractivity contribution in [2.45, 2.75) is 92.2 Å². The zero-order chi connectivity index (χ0) is 43.8. The maximum absolute atomic E-state index is 12.9. The molecule has 0 spiro atoms. The van der Waals surface area contributed by atoms with Crippen LogP contribution in [0.15, 0.2) is 89.9 Å². The molecule has 4 heterocycles. The zero-order valence-electron chi connectivity index (χ0n) is 36.2. The molecule has 2 aliphatic rings. The fraction of sp³-hybridized carbons (Fsp3) is 0.440. The van der Waals surface area contributed by atoms with Gasteiger partial charge in [0.05, 0.1) is 27.8 Å². The van der Waals surface area contributed by atoms with Crippen molar-refractivity contribution in [3.05, 3.63) is 118 Å². The summed E-state index contributed by atoms with van der Waals surface area (Å²) in [6, 6.07) is 27.3. The molecule has 8 rings (SSSR count). The number of carbonyl (C=O) groups is 1. The predicted molar refractivity (Wildman–Crippen MR) is 263 cm³/mol. The van der Waals surface area contributed by atoms with E-state index in [0.29, 0.717) is 34.8 Å². The minimum atomic E-state index is -0.0911. The maximum Gasteiger partial charge on any atom is 0.321 e. The van der Waals surface area contributed by atoms with Crippen molar-refractivity contribution in [1.82, 2.24) is 29.3 Å². The SMILES string of the molecule is C.C.COCCCn1c(C2CCCN(C(=O)Nc3ccc(C)c(Cl)c3)C2)nc2ccccc21.COCCCn1c(C2CCCNC2)nc2ccccc21.Cc1ccc(N=C=O)cc1Cl. The lowest BCUT2D eigenvalue weighted by Gasteiger charge is -2.32. The summed E-state index contributed by atoms with van der Waals surface area (Å²) in [6.45, 7) is 10.8. The number of amides is 2. The highest BCUT2D eigenvalue weighted by Gasteiger charge is 2.29. The van der Waals surface area contributed by atoms with Gasteiger partial charge in [0.15, 0.2) is 0 Å². The van der Waals surface area contributed by atoms with Crippen molar-refractivity contribution in [1.29, 1.82) is 0 Å². The summed E-state index contributed by atoms with van der Waals surface area (Å²) in [5.74, 6) is 3.05. The molecule has 4 aromatic carbocycles. The van der Waals surface area contributed by atoms with Crippen molar-refractivity contribution >= 4 is 68.8 Å². The van der Waals surface area contributed by atoms with Crippen molar-refractivity contribution in [3.8, 4) is 0 Å². The van der Waals surface area contributed by atoms with Gasteiger partial charge >= 0.3 is 6.03 Å². The summed E-state index contributed by atoms with van der Waals surface area (Å²) >= 11 is 12.0. The van der Waals surface area contributed by atoms with Crippen LogP contribution in [0.5, 0.6) is 0 Å². The molecule has 6 aromatic rings. The minimum absolute atomic E-state index is 0. The molecule has 12 nitrogen and oxygen atoms in total. The average Bonchev–Trinajstić information content (AvgIpc) is 3.86. The molecular formula is C50H66Cl2N8O4. The highest BCUT2D eigenvalue weighted by molar-refractivity contribution is 6.32. The number of imidazole rings is 2. The number of halogens is 2. The van der Waals surface area contributed by atoms with E-state index in [1.165, 1.54) is 30.3 Å². The molecule has 2 fully saturated rings. The van der Waals surface area contributed by atoms with Gasteiger partial charge < -0.3 is 34.1 Å². The number of para-hydroxylation sites is 4. The molecule has 2 N–H and O–H groups in total. The summed E-state index contributed by atoms with van der Waals surface area (Å²) in [6.07, 6.45) is 7.86. The molecule has 0 bridgehead atoms. The molecule has 2 aliphatic heterocycles. The Morgan fingerprint density at radius 1 is 0.797 bits per heavy atom. The Balaban J connectivity index is 0.000000233. The molecule has 2 amide bonds. The van der Waals surface area contributed by atoms with Gasteiger partial charge in [-0.1, -0.05) is 74.5 Å². The van der Waals surface area contributed by atoms with Crippen LogP contribution in [0.1, 0.15) is 88.0 Å². The van der Waals surface area contributed by atoms with Crippen LogP contribution in [0.25, 0.3) is 22.1 Å². The Labute approximate surface area is 389 Å². The Morgan fingerprint density at radius 2 is 1.36 bits per heavy atom. The number of aliphatic imine (C=N–C) groups is 1. The molecule has 2 saturated heterocycles. The first-order chi connectivity index (χ1) is 30.2. The van der Waals surface area contributed by atoms with Crippen LogP contribution in [-0.2, 0) is 27.4 Å². The van der Waals surface area contributed by atoms with Crippen LogP contribution in [-0.4, -0.2) is 89.7 Å². The van der Waals surface area contributed by atoms with Crippen LogP contribution in [0.3, 0.4) is 0 Å². The van der Waals surface area contributed by atoms with Gasteiger partial charge in [-0.15, -0.1) is 0 Å². The quantitative estimate of drug-likeness (QED) is 0.0711. The third kappa shape index (κ3) is 13.7. The number of fused-ring (bicyclic) bond motifs is 2. The third-order valence-corrected chi connectivity index (χ3v) is 12.1. The van der Waals surface area contributed by atoms with Crippen LogP contribution in [0.2, 0.25) is 10.0 Å². The molecular weight excluding hydrogens is 848 g/mol. The first-order valence-electron chi connectivity index (χ1n) is 21.5. The standard InChI is InChI=1S/C24H29ClN4O2.C16H23N3O.C8H6ClNO.2CH4/c1-17-10-11-19(15-20(17)25)26-24(30)28-12-5-7-18(16-28)23-27-21-8-3-4-9-22(21)29(23)13-6-14-31-2;1-20-11-5-10-19-15-8-3-2-7-14(15)18-16(19)13-6-4-9-17-12-13;1-6-2-3-7(10-5-11)4-8(6)9;;/h3-4,8-11,15,18H,5-7,12-14,16H2,1-2H3,(H,26,30);2-3,7-8,13,17H,4-6,9-12H2,1H3;2-4H,1H3;2*1H4. The molecule has 64 heavy (non-hydrogen) atoms. The number of nitrogens with zero attached hydrogens (tertiary/aromatic N) is 6. The number of piperidine rings is 2. The number of urea groups is 1. The number of likely N-dealkylation sites (tertiary alicyclic amines) is 1. The number of aromatic nitrogens is 4. The number of hydrogen-bond donors (Lipinski definition) is 2. The normalized spacial score (nSPS) is 15.7. The number of benzene rings is 4. The minimum Gasteiger partial charge on any atom is -0.385 e. The van der Waals surface area contributed by atoms with Gasteiger partial charge in [-0.2, -0.15) is 4.99 Å². The Kier molecular flexibility index (Phi) is 21.0. The van der Waals surface area contributed by atoms with Gasteiger partial charge in [0.25, 0.3) is 0 Å². The van der Waals surface area contributed by atoms with Crippen LogP contribution < -0.4 is 10.6 Å². The highest BCUT2D eigenvalue weighted by Crippen LogP contribution is 2.31. The summed E-state index contributed by atoms with van der Waals surface area (Å²) in [5.41, 5.74) is 7.73. The van der Waals surface area contributed by atoms with E-state index in [1.54, 1.807) is 38.5 Å². The van der Waals surface area contributed by atoms with E-state index in [2.05, 4.69) is 61.2 Å². The van der Waals surface area contributed by atoms with E-state index in [4.69, 9.17) is 42.6 Å². The largest absolute Gasteiger partial charge is 0.385 e. The third-order valence-electron chi connectivity index (χ3n) is 11.3. The number of ether oxygens (including phenoxy) is 2. The second kappa shape index (κ2) is 26.0. The van der Waals surface area contributed by atoms with Gasteiger partial charge in [0, 0.05) is 87.7 Å². The topological polar surface area (TPSA) is 128 Å². The molecule has 0 aliphatic carbocycles. The lowest BCUT2D eigenvalue weighted by molar-refractivity contribution is 0.186. The van der Waals surface area contributed by atoms with Crippen molar-refractivity contribution in [3.63, 3.8) is 0 Å². The monoisotopic (exact) mass is 912 g/mol. The zero-order valence-corrected chi connectivity index (χ0v) is 37.7. The number of carbonyl (C=O) groups excluding carboxylic acids is 2. The smallest absolute Gasteiger partial charge is 0.321 e. The van der Waals surface area contributed by atoms with E-state index in [1.807, 2.05) is 43.0 Å². The van der Waals surface area contributed by atoms with E-state index in [-0.39, 0.29) is 26.8 Å². The van der Waals surface area contributed by atoms with E-state index < -0.39 is 0 Å². The first kappa shape index (κ1) is 51.6. The van der Waals surface area contributed by atoms with Crippen molar-refractivity contribution in [2.75, 3.05) is 58.9 Å². The number of aryl methyl sites for hydroxylation is 4. The second-order valence-electron chi connectivity index (χ2n) is 15.8. The van der Waals surface area contributed by atoms with E-state index in [9.17, 15) is 9.59 Å². The Bertz CT molecular complexity index is 2440. The summed E-state index contributed by atoms with van der Waals surface area (Å²) in [7, 11) is 3.49. The molecule has 344 valence electrons. The molecule has 2 aromatic heterocycles. The van der Waals surface area contributed by atoms with Gasteiger partial charge in [-0.25, -0.2) is 19.6 Å². The molecule has 0 saturated carbocycles. The predicted octanol–water partition coefficient (Wildman–Crippen LogP) is 11.9. The lowest BCUT2D eigenvalue weighted by Crippen LogP contribution is -2.42. The van der Waals surface area contributed by atoms with Crippen LogP contribution >= 0.6 is 23.2 Å². The molecule has 2 atom stereocenters. The van der Waals surface area contributed by atoms with Gasteiger partial charge in [0.1, 0.15) is 11.6 Å². The fourth-order valence-electron chi connectivity index (χ4n) is 8.04. The van der Waals surface area contributed by atoms with E-state index in [0.717, 1.165) is 104 Å². The fourth-order valence-corrected chi connectivity index (χ4v) is 8.39. The molecule has 2 unspecified atom stereocenters. The Hall–Kier alpha value is -5.07. The maximum atomic E-state index is 12.9. The van der Waals surface area contributed by atoms with Crippen LogP contribution in [0.4, 0.5) is 16.2 Å². The summed E-state index contributed by atoms with van der Waals surface area (Å²) < 4.78 is 15.1. The number of nitrogens with one attached hydrogen (secondary N) is 2. The highest BCUT2D eigenvalue weighted by atomic mass is 35.5. The van der Waals surface area contributed by atoms with Gasteiger partial charge in [-0.3, -0.25) is 0 Å². The number of anilines is 1. The average molecular weight is 914 g/mol. The number of hydrogen-bond acceptors (Lipinski definition) is 8. The first-order valence-corrected chi connectivity index (χ1v) is 22.2. The molecule has 0 radical (unpaired) electrons. The lowest BCUT2D eigenvalue weighted by atomic mass is 9.97. The van der Waals surface area contributed by atoms with E-state index >= 15 is 0 Å². The summed E-state index contributed by atoms with van der Waals surface area (Å²) in [4.78, 5) is 37.9. The number of isocyanates is 1. The number of rotatable bonds is 12. The number of methoxy groups -OCH3 is 2. The van der Waals surface area contributed by atoms with Gasteiger partial charge in [0.2, 0.25) is 6.08 Å². The Morgan fingerprint density at radius 3 is 1.91 bits per heavy atom. The molecule has 14 heteroatoms. The van der Waals surface area contributed by atoms with Crippen molar-refractivity contribution < 1.29 is 19.1 Å².